The number of carboxylic acids is 1. The van der Waals surface area contributed by atoms with Crippen molar-refractivity contribution in [3.63, 3.8) is 0 Å². The van der Waals surface area contributed by atoms with E-state index < -0.39 is 159 Å². The van der Waals surface area contributed by atoms with E-state index in [2.05, 4.69) is 35.3 Å². The highest BCUT2D eigenvalue weighted by molar-refractivity contribution is 8.00. The van der Waals surface area contributed by atoms with Crippen LogP contribution in [0.4, 0.5) is 5.69 Å². The third-order valence-corrected chi connectivity index (χ3v) is 17.2. The van der Waals surface area contributed by atoms with E-state index in [4.69, 9.17) is 106 Å². The summed E-state index contributed by atoms with van der Waals surface area (Å²) in [6, 6.07) is 7.20. The first-order valence-corrected chi connectivity index (χ1v) is 31.5. The molecular weight excluding hydrogens is 1290 g/mol. The standard InChI is InChI=1S/C55H79N19O19S2/c56-50(57)68-15-30-38(79)40(81)35(73-54(64)65)47(88-30)91-43-27(72-53(62)63)14-26(71-52(60)61)37(78)45(43)93-49-42(83)44(92-48-36(74-55(66)67)41(82)39(80)31(89-48)16-69-51(58)59)32(90-49)17-94-9-7-86-8-10-95-18-33(77)70-19-1-4-22(25(11-19)46(84)85)34-23-5-2-20(75)12-28(23)87-29-13-21(76)3-6-24(29)34/h1-6,11-13,26-27,30-32,35-45,47-49,75,78-83H,7-10,14-18H2,(H,70,77)(H,84,85)(H4,56,57,68)(H4,58,59,69)(H4,60,61,71)(H4,62,63,72)(H4,64,65,73)(H4,66,67,74)/t26-,27?,30?,31?,32-,35?,36-,37?,38-,39-,40?,41?,42?,43-,44?,45?,47-,48?,49+/m1/s1. The lowest BCUT2D eigenvalue weighted by Crippen LogP contribution is -2.64. The van der Waals surface area contributed by atoms with Crippen LogP contribution in [0.1, 0.15) is 16.8 Å². The second-order valence-electron chi connectivity index (χ2n) is 22.1. The molecule has 0 aromatic heterocycles. The fourth-order valence-corrected chi connectivity index (χ4v) is 12.7. The number of nitrogens with zero attached hydrogens (tertiary/aromatic N) is 6. The largest absolute Gasteiger partial charge is 0.508 e. The van der Waals surface area contributed by atoms with Crippen LogP contribution >= 0.6 is 23.5 Å². The van der Waals surface area contributed by atoms with Crippen LogP contribution in [-0.2, 0) is 38.0 Å². The Bertz CT molecular complexity index is 3530. The number of thioether (sulfide) groups is 2. The van der Waals surface area contributed by atoms with E-state index in [0.29, 0.717) is 22.3 Å². The molecule has 0 bridgehead atoms. The Kier molecular flexibility index (Phi) is 24.7. The van der Waals surface area contributed by atoms with Crippen molar-refractivity contribution in [1.29, 1.82) is 0 Å². The number of nitrogens with two attached hydrogens (primary N) is 12. The molecule has 1 amide bonds. The first-order valence-electron chi connectivity index (χ1n) is 29.2. The third-order valence-electron chi connectivity index (χ3n) is 15.3. The van der Waals surface area contributed by atoms with Crippen LogP contribution in [0.2, 0.25) is 0 Å². The average Bonchev–Trinajstić information content (AvgIpc) is 0.909. The van der Waals surface area contributed by atoms with E-state index in [9.17, 15) is 55.2 Å². The SMILES string of the molecule is NC(N)=NCC1O[C@H](O[C@@H]2C(N=C(N)N)C[C@@H](N=C(N)N)C(O)C2O[C@@H]2O[C@H](CSCCOCCSCC(=O)Nc3ccc(-c4c5ccc(=O)cc-5oc5cc(O)ccc45)c(C(=O)O)c3)C(OC3OC(CN=C(N)N)[C@@H](O)C(O)[C@H]3N=C(N)N)C2O)C(N=C(N)N)C(O)[C@@H]1O. The normalized spacial score (nSPS) is 29.8. The number of guanidine groups is 6. The number of anilines is 1. The Labute approximate surface area is 548 Å². The number of rotatable bonds is 27. The summed E-state index contributed by atoms with van der Waals surface area (Å²) >= 11 is 2.49. The summed E-state index contributed by atoms with van der Waals surface area (Å²) < 4.78 is 49.8. The number of nitrogens with one attached hydrogen (secondary N) is 1. The number of aromatic carboxylic acids is 1. The Morgan fingerprint density at radius 2 is 1.12 bits per heavy atom. The second-order valence-corrected chi connectivity index (χ2v) is 24.4. The number of phenolic OH excluding ortho intramolecular Hbond substituents is 1. The summed E-state index contributed by atoms with van der Waals surface area (Å²) in [6.07, 6.45) is -24.9. The zero-order valence-electron chi connectivity index (χ0n) is 50.5. The van der Waals surface area contributed by atoms with Crippen molar-refractivity contribution in [3.8, 4) is 28.2 Å². The molecule has 11 unspecified atom stereocenters. The summed E-state index contributed by atoms with van der Waals surface area (Å²) in [5.74, 6) is -3.94. The summed E-state index contributed by atoms with van der Waals surface area (Å²) in [6.45, 7) is -0.477. The lowest BCUT2D eigenvalue weighted by atomic mass is 9.83. The molecule has 4 heterocycles. The fourth-order valence-electron chi connectivity index (χ4n) is 11.1. The van der Waals surface area contributed by atoms with Crippen molar-refractivity contribution in [3.05, 3.63) is 70.4 Å². The van der Waals surface area contributed by atoms with Gasteiger partial charge >= 0.3 is 5.97 Å². The maximum absolute atomic E-state index is 13.2. The minimum atomic E-state index is -1.87. The molecule has 40 heteroatoms. The number of hydrogen-bond acceptors (Lipinski definition) is 26. The predicted octanol–water partition coefficient (Wildman–Crippen LogP) is -7.60. The molecule has 520 valence electrons. The summed E-state index contributed by atoms with van der Waals surface area (Å²) in [4.78, 5) is 62.6. The van der Waals surface area contributed by atoms with Gasteiger partial charge in [-0.3, -0.25) is 19.6 Å². The van der Waals surface area contributed by atoms with Gasteiger partial charge in [0.05, 0.1) is 55.8 Å². The number of aliphatic imine (C=N–C) groups is 6. The number of aliphatic hydroxyl groups is 6. The highest BCUT2D eigenvalue weighted by Gasteiger charge is 2.56. The molecule has 0 spiro atoms. The summed E-state index contributed by atoms with van der Waals surface area (Å²) in [5, 5.41) is 93.3. The van der Waals surface area contributed by atoms with E-state index in [1.807, 2.05) is 0 Å². The number of fused-ring (bicyclic) bond motifs is 2. The van der Waals surface area contributed by atoms with E-state index in [-0.39, 0.29) is 94.7 Å². The van der Waals surface area contributed by atoms with Crippen LogP contribution in [0.5, 0.6) is 5.75 Å². The van der Waals surface area contributed by atoms with Crippen molar-refractivity contribution in [2.45, 2.75) is 123 Å². The quantitative estimate of drug-likeness (QED) is 0.0114. The van der Waals surface area contributed by atoms with Crippen LogP contribution in [0.3, 0.4) is 0 Å². The molecule has 3 saturated heterocycles. The third kappa shape index (κ3) is 18.4. The predicted molar refractivity (Wildman–Crippen MR) is 348 cm³/mol. The number of carbonyl (C=O) groups excluding carboxylic acids is 1. The number of benzene rings is 3. The number of phenols is 1. The van der Waals surface area contributed by atoms with Gasteiger partial charge < -0.3 is 153 Å². The van der Waals surface area contributed by atoms with Crippen LogP contribution in [0.25, 0.3) is 33.4 Å². The Balaban J connectivity index is 0.966. The van der Waals surface area contributed by atoms with Gasteiger partial charge in [0.1, 0.15) is 96.3 Å². The molecule has 33 N–H and O–H groups in total. The number of aromatic hydroxyl groups is 1. The maximum atomic E-state index is 13.2. The second kappa shape index (κ2) is 32.4. The molecule has 0 radical (unpaired) electrons. The van der Waals surface area contributed by atoms with Gasteiger partial charge in [-0.25, -0.2) is 24.8 Å². The van der Waals surface area contributed by atoms with Gasteiger partial charge in [0.25, 0.3) is 0 Å². The molecule has 1 saturated carbocycles. The van der Waals surface area contributed by atoms with Crippen LogP contribution < -0.4 is 79.5 Å². The molecule has 6 aliphatic rings. The van der Waals surface area contributed by atoms with E-state index in [1.165, 1.54) is 66.0 Å². The van der Waals surface area contributed by atoms with Crippen LogP contribution in [-0.4, -0.2) is 254 Å². The molecular formula is C55H79N19O19S2. The van der Waals surface area contributed by atoms with Crippen LogP contribution in [0.15, 0.2) is 93.8 Å². The van der Waals surface area contributed by atoms with Gasteiger partial charge in [0, 0.05) is 51.6 Å². The molecule has 95 heavy (non-hydrogen) atoms. The Hall–Kier alpha value is -8.33. The van der Waals surface area contributed by atoms with Crippen molar-refractivity contribution >= 4 is 87.8 Å². The minimum Gasteiger partial charge on any atom is -0.508 e. The maximum Gasteiger partial charge on any atom is 0.336 e. The van der Waals surface area contributed by atoms with Crippen molar-refractivity contribution < 1.29 is 88.0 Å². The smallest absolute Gasteiger partial charge is 0.336 e. The zero-order valence-corrected chi connectivity index (χ0v) is 52.2. The van der Waals surface area contributed by atoms with Gasteiger partial charge in [-0.05, 0) is 48.4 Å². The molecule has 2 aromatic carbocycles. The minimum absolute atomic E-state index is 0.0121. The highest BCUT2D eigenvalue weighted by atomic mass is 32.2. The first kappa shape index (κ1) is 72.5. The Morgan fingerprint density at radius 1 is 0.568 bits per heavy atom. The first-order chi connectivity index (χ1) is 45.1. The highest BCUT2D eigenvalue weighted by Crippen LogP contribution is 2.43. The lowest BCUT2D eigenvalue weighted by molar-refractivity contribution is -0.306. The average molecular weight is 1370 g/mol. The van der Waals surface area contributed by atoms with E-state index in [1.54, 1.807) is 12.1 Å². The summed E-state index contributed by atoms with van der Waals surface area (Å²) in [5.41, 5.74) is 69.9. The molecule has 38 nitrogen and oxygen atoms in total. The fraction of sp³-hybridized carbons (Fsp3) is 0.509. The van der Waals surface area contributed by atoms with Gasteiger partial charge in [-0.2, -0.15) is 11.8 Å². The van der Waals surface area contributed by atoms with Crippen molar-refractivity contribution in [1.82, 2.24) is 0 Å². The van der Waals surface area contributed by atoms with Crippen molar-refractivity contribution in [2.75, 3.05) is 54.6 Å². The zero-order chi connectivity index (χ0) is 69.1. The molecule has 4 fully saturated rings. The number of aliphatic hydroxyl groups excluding tert-OH is 6. The molecule has 19 atom stereocenters. The van der Waals surface area contributed by atoms with Gasteiger partial charge in [-0.1, -0.05) is 6.07 Å². The Morgan fingerprint density at radius 3 is 1.69 bits per heavy atom. The lowest BCUT2D eigenvalue weighted by Gasteiger charge is -2.47. The van der Waals surface area contributed by atoms with Gasteiger partial charge in [0.2, 0.25) is 5.91 Å². The monoisotopic (exact) mass is 1370 g/mol. The number of carbonyl (C=O) groups is 2. The number of amides is 1. The van der Waals surface area contributed by atoms with Gasteiger partial charge in [-0.15, -0.1) is 11.8 Å². The van der Waals surface area contributed by atoms with Crippen molar-refractivity contribution in [2.24, 2.45) is 98.8 Å². The topological polar surface area (TPSA) is 689 Å². The van der Waals surface area contributed by atoms with Gasteiger partial charge in [0.15, 0.2) is 60.1 Å². The molecule has 4 aliphatic heterocycles. The molecule has 8 rings (SSSR count). The van der Waals surface area contributed by atoms with Crippen LogP contribution in [0, 0.1) is 0 Å². The molecule has 2 aliphatic carbocycles. The number of carboxylic acid groups (broad SMARTS) is 1. The van der Waals surface area contributed by atoms with E-state index in [0.717, 1.165) is 0 Å². The number of hydrogen-bond donors (Lipinski definition) is 21. The summed E-state index contributed by atoms with van der Waals surface area (Å²) in [7, 11) is 0. The number of ether oxygens (including phenoxy) is 7. The van der Waals surface area contributed by atoms with E-state index >= 15 is 0 Å². The molecule has 2 aromatic rings.